The number of nitrogens with one attached hydrogen (secondary N) is 2. The van der Waals surface area contributed by atoms with E-state index in [-0.39, 0.29) is 18.3 Å². The Morgan fingerprint density at radius 3 is 2.61 bits per heavy atom. The van der Waals surface area contributed by atoms with Crippen molar-refractivity contribution in [3.8, 4) is 17.0 Å². The van der Waals surface area contributed by atoms with Gasteiger partial charge >= 0.3 is 6.36 Å². The van der Waals surface area contributed by atoms with E-state index in [1.807, 2.05) is 6.07 Å². The van der Waals surface area contributed by atoms with Crippen molar-refractivity contribution in [3.05, 3.63) is 57.1 Å². The maximum atomic E-state index is 12.6. The number of halogens is 5. The number of hydrogen-bond acceptors (Lipinski definition) is 6. The van der Waals surface area contributed by atoms with Crippen molar-refractivity contribution in [2.75, 3.05) is 23.8 Å². The molecule has 0 spiro atoms. The van der Waals surface area contributed by atoms with E-state index in [2.05, 4.69) is 47.9 Å². The SMILES string of the molecule is OCCCNc1nc(Nc2ccc(I)cc2Cl)cc(-c2cccc(OC(F)(F)F)c2)n1. The molecular formula is C20H17ClF3IN4O2. The van der Waals surface area contributed by atoms with Crippen LogP contribution in [-0.4, -0.2) is 34.6 Å². The molecule has 1 heterocycles. The molecule has 0 saturated carbocycles. The van der Waals surface area contributed by atoms with Gasteiger partial charge in [0.05, 0.1) is 16.4 Å². The fourth-order valence-electron chi connectivity index (χ4n) is 2.60. The summed E-state index contributed by atoms with van der Waals surface area (Å²) in [6.07, 6.45) is -4.32. The lowest BCUT2D eigenvalue weighted by Gasteiger charge is -2.13. The minimum Gasteiger partial charge on any atom is -0.406 e. The Labute approximate surface area is 195 Å². The van der Waals surface area contributed by atoms with Crippen LogP contribution < -0.4 is 15.4 Å². The van der Waals surface area contributed by atoms with Crippen LogP contribution in [0.4, 0.5) is 30.6 Å². The van der Waals surface area contributed by atoms with Crippen LogP contribution in [0.5, 0.6) is 5.75 Å². The summed E-state index contributed by atoms with van der Waals surface area (Å²) in [6.45, 7) is 0.411. The lowest BCUT2D eigenvalue weighted by Crippen LogP contribution is -2.17. The van der Waals surface area contributed by atoms with Gasteiger partial charge in [-0.3, -0.25) is 0 Å². The zero-order valence-electron chi connectivity index (χ0n) is 15.9. The molecule has 0 aliphatic carbocycles. The van der Waals surface area contributed by atoms with Crippen molar-refractivity contribution >= 4 is 51.6 Å². The number of rotatable bonds is 8. The molecular weight excluding hydrogens is 548 g/mol. The van der Waals surface area contributed by atoms with E-state index < -0.39 is 6.36 Å². The molecule has 0 atom stereocenters. The van der Waals surface area contributed by atoms with Gasteiger partial charge in [-0.25, -0.2) is 4.98 Å². The molecule has 0 amide bonds. The van der Waals surface area contributed by atoms with Crippen molar-refractivity contribution in [3.63, 3.8) is 0 Å². The average Bonchev–Trinajstić information content (AvgIpc) is 2.69. The first-order valence-corrected chi connectivity index (χ1v) is 10.5. The van der Waals surface area contributed by atoms with Gasteiger partial charge in [-0.15, -0.1) is 13.2 Å². The van der Waals surface area contributed by atoms with E-state index in [4.69, 9.17) is 16.7 Å². The van der Waals surface area contributed by atoms with Crippen LogP contribution in [0.3, 0.4) is 0 Å². The van der Waals surface area contributed by atoms with Crippen LogP contribution in [0.25, 0.3) is 11.3 Å². The number of hydrogen-bond donors (Lipinski definition) is 3. The summed E-state index contributed by atoms with van der Waals surface area (Å²) in [4.78, 5) is 8.76. The summed E-state index contributed by atoms with van der Waals surface area (Å²) in [6, 6.07) is 12.6. The van der Waals surface area contributed by atoms with E-state index in [1.54, 1.807) is 24.3 Å². The van der Waals surface area contributed by atoms with Crippen molar-refractivity contribution in [1.82, 2.24) is 9.97 Å². The molecule has 0 bridgehead atoms. The predicted molar refractivity (Wildman–Crippen MR) is 122 cm³/mol. The van der Waals surface area contributed by atoms with E-state index in [1.165, 1.54) is 18.2 Å². The summed E-state index contributed by atoms with van der Waals surface area (Å²) in [5.41, 5.74) is 1.39. The number of alkyl halides is 3. The number of benzene rings is 2. The monoisotopic (exact) mass is 564 g/mol. The van der Waals surface area contributed by atoms with Crippen molar-refractivity contribution < 1.29 is 23.0 Å². The first kappa shape index (κ1) is 23.4. The fourth-order valence-corrected chi connectivity index (χ4v) is 3.50. The maximum Gasteiger partial charge on any atom is 0.573 e. The molecule has 1 aromatic heterocycles. The van der Waals surface area contributed by atoms with Crippen LogP contribution in [0, 0.1) is 3.57 Å². The Balaban J connectivity index is 1.96. The molecule has 0 aliphatic heterocycles. The van der Waals surface area contributed by atoms with Crippen molar-refractivity contribution in [2.45, 2.75) is 12.8 Å². The van der Waals surface area contributed by atoms with Gasteiger partial charge in [0.25, 0.3) is 0 Å². The first-order chi connectivity index (χ1) is 14.7. The molecule has 3 aromatic rings. The van der Waals surface area contributed by atoms with Gasteiger partial charge in [-0.2, -0.15) is 4.98 Å². The molecule has 2 aromatic carbocycles. The molecule has 11 heteroatoms. The van der Waals surface area contributed by atoms with Gasteiger partial charge in [0, 0.05) is 28.4 Å². The Hall–Kier alpha value is -2.31. The number of nitrogens with zero attached hydrogens (tertiary/aromatic N) is 2. The number of aliphatic hydroxyl groups is 1. The van der Waals surface area contributed by atoms with E-state index in [9.17, 15) is 13.2 Å². The highest BCUT2D eigenvalue weighted by Crippen LogP contribution is 2.31. The van der Waals surface area contributed by atoms with Gasteiger partial charge in [-0.1, -0.05) is 23.7 Å². The minimum absolute atomic E-state index is 0.00706. The molecule has 164 valence electrons. The Morgan fingerprint density at radius 2 is 1.90 bits per heavy atom. The second-order valence-electron chi connectivity index (χ2n) is 6.29. The largest absolute Gasteiger partial charge is 0.573 e. The van der Waals surface area contributed by atoms with Gasteiger partial charge < -0.3 is 20.5 Å². The van der Waals surface area contributed by atoms with E-state index in [0.29, 0.717) is 40.8 Å². The topological polar surface area (TPSA) is 79.3 Å². The molecule has 3 N–H and O–H groups in total. The van der Waals surface area contributed by atoms with Gasteiger partial charge in [0.2, 0.25) is 5.95 Å². The average molecular weight is 565 g/mol. The lowest BCUT2D eigenvalue weighted by atomic mass is 10.1. The third-order valence-corrected chi connectivity index (χ3v) is 4.89. The maximum absolute atomic E-state index is 12.6. The third-order valence-electron chi connectivity index (χ3n) is 3.90. The molecule has 0 saturated heterocycles. The number of aromatic nitrogens is 2. The zero-order valence-corrected chi connectivity index (χ0v) is 18.8. The highest BCUT2D eigenvalue weighted by molar-refractivity contribution is 14.1. The third kappa shape index (κ3) is 7.11. The summed E-state index contributed by atoms with van der Waals surface area (Å²) in [5, 5.41) is 15.6. The molecule has 0 aliphatic rings. The zero-order chi connectivity index (χ0) is 22.4. The molecule has 0 unspecified atom stereocenters. The van der Waals surface area contributed by atoms with E-state index >= 15 is 0 Å². The Kier molecular flexibility index (Phi) is 7.79. The Bertz CT molecular complexity index is 1050. The van der Waals surface area contributed by atoms with Crippen LogP contribution >= 0.6 is 34.2 Å². The normalized spacial score (nSPS) is 11.3. The molecule has 0 radical (unpaired) electrons. The highest BCUT2D eigenvalue weighted by atomic mass is 127. The predicted octanol–water partition coefficient (Wildman–Crippen LogP) is 5.84. The fraction of sp³-hybridized carbons (Fsp3) is 0.200. The van der Waals surface area contributed by atoms with Gasteiger partial charge in [0.1, 0.15) is 11.6 Å². The minimum atomic E-state index is -4.80. The number of ether oxygens (including phenoxy) is 1. The summed E-state index contributed by atoms with van der Waals surface area (Å²) < 4.78 is 42.7. The number of aliphatic hydroxyl groups excluding tert-OH is 1. The van der Waals surface area contributed by atoms with E-state index in [0.717, 1.165) is 3.57 Å². The smallest absolute Gasteiger partial charge is 0.406 e. The quantitative estimate of drug-likeness (QED) is 0.236. The lowest BCUT2D eigenvalue weighted by molar-refractivity contribution is -0.274. The van der Waals surface area contributed by atoms with Gasteiger partial charge in [-0.05, 0) is 59.3 Å². The second kappa shape index (κ2) is 10.3. The van der Waals surface area contributed by atoms with Crippen molar-refractivity contribution in [1.29, 1.82) is 0 Å². The van der Waals surface area contributed by atoms with Crippen LogP contribution in [0.1, 0.15) is 6.42 Å². The molecule has 0 fully saturated rings. The highest BCUT2D eigenvalue weighted by Gasteiger charge is 2.31. The van der Waals surface area contributed by atoms with Gasteiger partial charge in [0.15, 0.2) is 0 Å². The Morgan fingerprint density at radius 1 is 1.10 bits per heavy atom. The summed E-state index contributed by atoms with van der Waals surface area (Å²) in [5.74, 6) is 0.285. The second-order valence-corrected chi connectivity index (χ2v) is 7.94. The standard InChI is InChI=1S/C20H17ClF3IN4O2/c21-15-10-13(25)5-6-16(15)27-18-11-17(28-19(29-18)26-7-2-8-30)12-3-1-4-14(9-12)31-20(22,23)24/h1,3-6,9-11,30H,2,7-8H2,(H2,26,27,28,29). The van der Waals surface area contributed by atoms with Crippen molar-refractivity contribution in [2.24, 2.45) is 0 Å². The van der Waals surface area contributed by atoms with Crippen LogP contribution in [0.2, 0.25) is 5.02 Å². The van der Waals surface area contributed by atoms with Crippen LogP contribution in [0.15, 0.2) is 48.5 Å². The molecule has 6 nitrogen and oxygen atoms in total. The molecule has 3 rings (SSSR count). The van der Waals surface area contributed by atoms with Crippen LogP contribution in [-0.2, 0) is 0 Å². The first-order valence-electron chi connectivity index (χ1n) is 9.05. The number of anilines is 3. The molecule has 31 heavy (non-hydrogen) atoms. The summed E-state index contributed by atoms with van der Waals surface area (Å²) in [7, 11) is 0. The summed E-state index contributed by atoms with van der Waals surface area (Å²) >= 11 is 8.43.